The molecule has 2 aromatic rings. The molecule has 1 aliphatic heterocycles. The number of ether oxygens (including phenoxy) is 2. The number of rotatable bonds is 8. The number of hydrogen-bond donors (Lipinski definition) is 0. The third-order valence-corrected chi connectivity index (χ3v) is 6.51. The summed E-state index contributed by atoms with van der Waals surface area (Å²) in [4.78, 5) is 15.4. The van der Waals surface area contributed by atoms with Gasteiger partial charge in [0.2, 0.25) is 5.91 Å². The Hall–Kier alpha value is -2.27. The average molecular weight is 448 g/mol. The highest BCUT2D eigenvalue weighted by Gasteiger charge is 2.37. The zero-order valence-corrected chi connectivity index (χ0v) is 19.5. The third kappa shape index (κ3) is 4.67. The summed E-state index contributed by atoms with van der Waals surface area (Å²) in [5.74, 6) is 0.717. The smallest absolute Gasteiger partial charge is 0.226 e. The number of nitrogens with zero attached hydrogens (tertiary/aromatic N) is 1. The van der Waals surface area contributed by atoms with Crippen LogP contribution in [0.25, 0.3) is 0 Å². The maximum absolute atomic E-state index is 15.1. The van der Waals surface area contributed by atoms with Crippen molar-refractivity contribution >= 4 is 17.5 Å². The van der Waals surface area contributed by atoms with Crippen molar-refractivity contribution < 1.29 is 18.7 Å². The molecule has 0 aliphatic carbocycles. The fraction of sp³-hybridized carbons (Fsp3) is 0.480. The van der Waals surface area contributed by atoms with Crippen LogP contribution in [-0.2, 0) is 11.2 Å². The van der Waals surface area contributed by atoms with Gasteiger partial charge in [-0.15, -0.1) is 0 Å². The van der Waals surface area contributed by atoms with Gasteiger partial charge < -0.3 is 14.4 Å². The van der Waals surface area contributed by atoms with Crippen molar-refractivity contribution in [2.24, 2.45) is 5.92 Å². The van der Waals surface area contributed by atoms with Gasteiger partial charge in [-0.05, 0) is 54.7 Å². The minimum absolute atomic E-state index is 0.0562. The van der Waals surface area contributed by atoms with Crippen LogP contribution in [0.3, 0.4) is 0 Å². The fourth-order valence-corrected chi connectivity index (χ4v) is 4.72. The number of halogens is 2. The van der Waals surface area contributed by atoms with Crippen LogP contribution in [0, 0.1) is 11.7 Å². The molecule has 0 saturated heterocycles. The van der Waals surface area contributed by atoms with Crippen molar-refractivity contribution in [2.45, 2.75) is 52.0 Å². The lowest BCUT2D eigenvalue weighted by atomic mass is 9.85. The normalized spacial score (nSPS) is 16.6. The van der Waals surface area contributed by atoms with Gasteiger partial charge in [-0.1, -0.05) is 44.4 Å². The lowest BCUT2D eigenvalue weighted by Crippen LogP contribution is -2.44. The molecule has 168 valence electrons. The molecule has 1 heterocycles. The highest BCUT2D eigenvalue weighted by molar-refractivity contribution is 6.31. The molecule has 0 unspecified atom stereocenters. The summed E-state index contributed by atoms with van der Waals surface area (Å²) in [6, 6.07) is 7.82. The van der Waals surface area contributed by atoms with E-state index in [1.54, 1.807) is 26.4 Å². The molecule has 0 radical (unpaired) electrons. The minimum atomic E-state index is -0.611. The summed E-state index contributed by atoms with van der Waals surface area (Å²) in [7, 11) is 3.16. The standard InChI is InChI=1S/C25H31ClFNO3/c1-5-7-9-16(6-2)25(29)28-13-12-17-14-21(30-3)22(31-4)15-18(17)24(28)23-19(26)10-8-11-20(23)27/h8,10-11,14-16,24H,5-7,9,12-13H2,1-4H3/t16-,24-/m1/s1. The van der Waals surface area contributed by atoms with E-state index in [9.17, 15) is 4.79 Å². The molecule has 0 saturated carbocycles. The SMILES string of the molecule is CCCC[C@@H](CC)C(=O)N1CCc2cc(OC)c(OC)cc2[C@@H]1c1c(F)cccc1Cl. The summed E-state index contributed by atoms with van der Waals surface area (Å²) < 4.78 is 26.1. The number of carbonyl (C=O) groups is 1. The van der Waals surface area contributed by atoms with Gasteiger partial charge in [0.05, 0.1) is 20.3 Å². The Morgan fingerprint density at radius 2 is 1.94 bits per heavy atom. The van der Waals surface area contributed by atoms with Crippen molar-refractivity contribution in [2.75, 3.05) is 20.8 Å². The van der Waals surface area contributed by atoms with Crippen LogP contribution in [0.15, 0.2) is 30.3 Å². The topological polar surface area (TPSA) is 38.8 Å². The molecule has 0 fully saturated rings. The Bertz CT molecular complexity index is 913. The largest absolute Gasteiger partial charge is 0.493 e. The first kappa shape index (κ1) is 23.4. The van der Waals surface area contributed by atoms with Gasteiger partial charge in [-0.25, -0.2) is 4.39 Å². The van der Waals surface area contributed by atoms with E-state index in [1.165, 1.54) is 6.07 Å². The van der Waals surface area contributed by atoms with E-state index in [0.717, 1.165) is 36.8 Å². The maximum Gasteiger partial charge on any atom is 0.226 e. The van der Waals surface area contributed by atoms with E-state index in [-0.39, 0.29) is 11.8 Å². The van der Waals surface area contributed by atoms with E-state index in [2.05, 4.69) is 6.92 Å². The zero-order valence-electron chi connectivity index (χ0n) is 18.7. The molecular weight excluding hydrogens is 417 g/mol. The molecule has 0 bridgehead atoms. The monoisotopic (exact) mass is 447 g/mol. The molecule has 6 heteroatoms. The second-order valence-electron chi connectivity index (χ2n) is 7.97. The Morgan fingerprint density at radius 1 is 1.23 bits per heavy atom. The van der Waals surface area contributed by atoms with Gasteiger partial charge in [-0.3, -0.25) is 4.79 Å². The molecule has 0 spiro atoms. The molecular formula is C25H31ClFNO3. The predicted octanol–water partition coefficient (Wildman–Crippen LogP) is 6.19. The van der Waals surface area contributed by atoms with Crippen LogP contribution >= 0.6 is 11.6 Å². The summed E-state index contributed by atoms with van der Waals surface area (Å²) in [5, 5.41) is 0.312. The third-order valence-electron chi connectivity index (χ3n) is 6.18. The fourth-order valence-electron chi connectivity index (χ4n) is 4.45. The average Bonchev–Trinajstić information content (AvgIpc) is 2.78. The van der Waals surface area contributed by atoms with Crippen molar-refractivity contribution in [3.05, 3.63) is 57.9 Å². The van der Waals surface area contributed by atoms with Crippen LogP contribution in [0.5, 0.6) is 11.5 Å². The van der Waals surface area contributed by atoms with Crippen LogP contribution in [0.1, 0.15) is 62.3 Å². The molecule has 2 aromatic carbocycles. The first-order valence-corrected chi connectivity index (χ1v) is 11.3. The number of fused-ring (bicyclic) bond motifs is 1. The second-order valence-corrected chi connectivity index (χ2v) is 8.38. The number of hydrogen-bond acceptors (Lipinski definition) is 3. The molecule has 4 nitrogen and oxygen atoms in total. The number of carbonyl (C=O) groups excluding carboxylic acids is 1. The van der Waals surface area contributed by atoms with E-state index < -0.39 is 11.9 Å². The van der Waals surface area contributed by atoms with Crippen molar-refractivity contribution in [3.8, 4) is 11.5 Å². The first-order valence-electron chi connectivity index (χ1n) is 11.0. The number of benzene rings is 2. The van der Waals surface area contributed by atoms with Crippen molar-refractivity contribution in [1.82, 2.24) is 4.90 Å². The Labute approximate surface area is 189 Å². The van der Waals surface area contributed by atoms with E-state index in [1.807, 2.05) is 24.0 Å². The predicted molar refractivity (Wildman–Crippen MR) is 122 cm³/mol. The molecule has 0 N–H and O–H groups in total. The Balaban J connectivity index is 2.16. The molecule has 31 heavy (non-hydrogen) atoms. The zero-order chi connectivity index (χ0) is 22.5. The van der Waals surface area contributed by atoms with E-state index in [0.29, 0.717) is 35.1 Å². The minimum Gasteiger partial charge on any atom is -0.493 e. The highest BCUT2D eigenvalue weighted by Crippen LogP contribution is 2.44. The Kier molecular flexibility index (Phi) is 7.82. The number of unbranched alkanes of at least 4 members (excludes halogenated alkanes) is 1. The Morgan fingerprint density at radius 3 is 2.55 bits per heavy atom. The number of methoxy groups -OCH3 is 2. The molecule has 3 rings (SSSR count). The molecule has 1 aliphatic rings. The first-order chi connectivity index (χ1) is 15.0. The maximum atomic E-state index is 15.1. The van der Waals surface area contributed by atoms with Gasteiger partial charge in [-0.2, -0.15) is 0 Å². The van der Waals surface area contributed by atoms with Gasteiger partial charge in [0.25, 0.3) is 0 Å². The van der Waals surface area contributed by atoms with Crippen molar-refractivity contribution in [3.63, 3.8) is 0 Å². The lowest BCUT2D eigenvalue weighted by molar-refractivity contribution is -0.138. The van der Waals surface area contributed by atoms with Crippen LogP contribution in [0.4, 0.5) is 4.39 Å². The quantitative estimate of drug-likeness (QED) is 0.484. The lowest BCUT2D eigenvalue weighted by Gasteiger charge is -2.40. The van der Waals surface area contributed by atoms with Gasteiger partial charge in [0.15, 0.2) is 11.5 Å². The van der Waals surface area contributed by atoms with Gasteiger partial charge in [0.1, 0.15) is 5.82 Å². The van der Waals surface area contributed by atoms with Crippen molar-refractivity contribution in [1.29, 1.82) is 0 Å². The van der Waals surface area contributed by atoms with Crippen LogP contribution in [0.2, 0.25) is 5.02 Å². The highest BCUT2D eigenvalue weighted by atomic mass is 35.5. The van der Waals surface area contributed by atoms with Crippen LogP contribution in [-0.4, -0.2) is 31.6 Å². The number of amides is 1. The summed E-state index contributed by atoms with van der Waals surface area (Å²) in [6.45, 7) is 4.66. The van der Waals surface area contributed by atoms with Gasteiger partial charge in [0, 0.05) is 23.0 Å². The summed E-state index contributed by atoms with van der Waals surface area (Å²) >= 11 is 6.49. The van der Waals surface area contributed by atoms with Crippen LogP contribution < -0.4 is 9.47 Å². The summed E-state index contributed by atoms with van der Waals surface area (Å²) in [6.07, 6.45) is 4.27. The second kappa shape index (κ2) is 10.4. The molecule has 1 amide bonds. The van der Waals surface area contributed by atoms with E-state index in [4.69, 9.17) is 21.1 Å². The molecule has 2 atom stereocenters. The van der Waals surface area contributed by atoms with E-state index >= 15 is 4.39 Å². The molecule has 0 aromatic heterocycles. The summed E-state index contributed by atoms with van der Waals surface area (Å²) in [5.41, 5.74) is 2.17. The van der Waals surface area contributed by atoms with Gasteiger partial charge >= 0.3 is 0 Å².